The molecule has 0 aliphatic carbocycles. The third-order valence-corrected chi connectivity index (χ3v) is 6.00. The van der Waals surface area contributed by atoms with Crippen LogP contribution in [0, 0.1) is 6.92 Å². The van der Waals surface area contributed by atoms with Crippen LogP contribution < -0.4 is 23.8 Å². The zero-order valence-electron chi connectivity index (χ0n) is 20.4. The Morgan fingerprint density at radius 3 is 2.09 bits per heavy atom. The van der Waals surface area contributed by atoms with E-state index < -0.39 is 0 Å². The van der Waals surface area contributed by atoms with E-state index >= 15 is 0 Å². The number of benzene rings is 3. The zero-order chi connectivity index (χ0) is 24.2. The molecule has 4 rings (SSSR count). The van der Waals surface area contributed by atoms with Crippen molar-refractivity contribution < 1.29 is 23.7 Å². The van der Waals surface area contributed by atoms with Gasteiger partial charge < -0.3 is 23.8 Å². The molecule has 0 bridgehead atoms. The Kier molecular flexibility index (Phi) is 6.96. The Hall–Kier alpha value is -3.67. The van der Waals surface area contributed by atoms with E-state index in [1.807, 2.05) is 80.3 Å². The van der Waals surface area contributed by atoms with Crippen molar-refractivity contribution in [3.8, 4) is 23.0 Å². The molecule has 0 saturated carbocycles. The predicted molar refractivity (Wildman–Crippen MR) is 133 cm³/mol. The Morgan fingerprint density at radius 2 is 1.47 bits per heavy atom. The number of carbonyl (C=O) groups excluding carboxylic acids is 1. The van der Waals surface area contributed by atoms with Crippen LogP contribution in [0.25, 0.3) is 0 Å². The van der Waals surface area contributed by atoms with Crippen LogP contribution in [0.1, 0.15) is 42.1 Å². The van der Waals surface area contributed by atoms with Crippen LogP contribution in [0.3, 0.4) is 0 Å². The fourth-order valence-electron chi connectivity index (χ4n) is 4.44. The van der Waals surface area contributed by atoms with Crippen molar-refractivity contribution in [3.05, 3.63) is 76.9 Å². The second kappa shape index (κ2) is 10.1. The standard InChI is InChI=1S/C28H31NO5/c1-6-33-25-15-20-16-27(30)29(21-11-8-18(3)9-12-21)28(22(20)17-26(25)34-7-2)19-10-13-23(31-4)24(14-19)32-5/h8-15,17,28H,6-7,16H2,1-5H3/t28-/m1/s1. The van der Waals surface area contributed by atoms with Crippen LogP contribution in [-0.4, -0.2) is 33.3 Å². The summed E-state index contributed by atoms with van der Waals surface area (Å²) in [4.78, 5) is 15.4. The Labute approximate surface area is 201 Å². The molecule has 1 aliphatic heterocycles. The summed E-state index contributed by atoms with van der Waals surface area (Å²) in [6.07, 6.45) is 0.277. The average molecular weight is 462 g/mol. The maximum Gasteiger partial charge on any atom is 0.232 e. The maximum atomic E-state index is 13.6. The number of nitrogens with zero attached hydrogens (tertiary/aromatic N) is 1. The minimum Gasteiger partial charge on any atom is -0.493 e. The molecular weight excluding hydrogens is 430 g/mol. The van der Waals surface area contributed by atoms with Gasteiger partial charge in [-0.25, -0.2) is 0 Å². The molecule has 0 saturated heterocycles. The molecule has 1 heterocycles. The lowest BCUT2D eigenvalue weighted by atomic mass is 9.86. The number of aryl methyl sites for hydroxylation is 1. The SMILES string of the molecule is CCOc1cc2c(cc1OCC)[C@@H](c1ccc(OC)c(OC)c1)N(c1ccc(C)cc1)C(=O)C2. The molecular formula is C28H31NO5. The highest BCUT2D eigenvalue weighted by Crippen LogP contribution is 2.45. The summed E-state index contributed by atoms with van der Waals surface area (Å²) < 4.78 is 22.8. The first-order valence-corrected chi connectivity index (χ1v) is 11.5. The molecule has 1 amide bonds. The quantitative estimate of drug-likeness (QED) is 0.444. The van der Waals surface area contributed by atoms with E-state index in [0.29, 0.717) is 36.2 Å². The van der Waals surface area contributed by atoms with Gasteiger partial charge in [-0.15, -0.1) is 0 Å². The highest BCUT2D eigenvalue weighted by molar-refractivity contribution is 5.98. The molecule has 178 valence electrons. The van der Waals surface area contributed by atoms with Crippen molar-refractivity contribution in [1.82, 2.24) is 0 Å². The average Bonchev–Trinajstić information content (AvgIpc) is 2.84. The van der Waals surface area contributed by atoms with Gasteiger partial charge in [0.15, 0.2) is 23.0 Å². The van der Waals surface area contributed by atoms with Crippen molar-refractivity contribution in [3.63, 3.8) is 0 Å². The molecule has 3 aromatic carbocycles. The minimum absolute atomic E-state index is 0.0164. The summed E-state index contributed by atoms with van der Waals surface area (Å²) in [5.74, 6) is 2.59. The summed E-state index contributed by atoms with van der Waals surface area (Å²) in [7, 11) is 3.22. The van der Waals surface area contributed by atoms with Crippen LogP contribution >= 0.6 is 0 Å². The number of ether oxygens (including phenoxy) is 4. The summed E-state index contributed by atoms with van der Waals surface area (Å²) in [6, 6.07) is 17.4. The topological polar surface area (TPSA) is 57.2 Å². The van der Waals surface area contributed by atoms with Gasteiger partial charge >= 0.3 is 0 Å². The fraction of sp³-hybridized carbons (Fsp3) is 0.321. The van der Waals surface area contributed by atoms with Crippen molar-refractivity contribution in [1.29, 1.82) is 0 Å². The highest BCUT2D eigenvalue weighted by atomic mass is 16.5. The van der Waals surface area contributed by atoms with E-state index in [-0.39, 0.29) is 18.4 Å². The molecule has 3 aromatic rings. The second-order valence-corrected chi connectivity index (χ2v) is 8.16. The summed E-state index contributed by atoms with van der Waals surface area (Å²) >= 11 is 0. The van der Waals surface area contributed by atoms with Crippen molar-refractivity contribution in [2.24, 2.45) is 0 Å². The molecule has 0 N–H and O–H groups in total. The fourth-order valence-corrected chi connectivity index (χ4v) is 4.44. The first-order chi connectivity index (χ1) is 16.5. The van der Waals surface area contributed by atoms with Gasteiger partial charge in [-0.05, 0) is 73.9 Å². The Bertz CT molecular complexity index is 1170. The molecule has 0 radical (unpaired) electrons. The third kappa shape index (κ3) is 4.40. The maximum absolute atomic E-state index is 13.6. The number of amides is 1. The molecule has 0 spiro atoms. The van der Waals surface area contributed by atoms with E-state index in [9.17, 15) is 4.79 Å². The first kappa shape index (κ1) is 23.5. The third-order valence-electron chi connectivity index (χ3n) is 6.00. The lowest BCUT2D eigenvalue weighted by molar-refractivity contribution is -0.118. The van der Waals surface area contributed by atoms with Crippen LogP contribution in [-0.2, 0) is 11.2 Å². The molecule has 34 heavy (non-hydrogen) atoms. The van der Waals surface area contributed by atoms with Gasteiger partial charge in [0.05, 0.1) is 39.9 Å². The second-order valence-electron chi connectivity index (χ2n) is 8.16. The molecule has 0 aromatic heterocycles. The number of fused-ring (bicyclic) bond motifs is 1. The Morgan fingerprint density at radius 1 is 0.824 bits per heavy atom. The van der Waals surface area contributed by atoms with E-state index in [1.54, 1.807) is 14.2 Å². The number of methoxy groups -OCH3 is 2. The van der Waals surface area contributed by atoms with Gasteiger partial charge in [-0.3, -0.25) is 4.79 Å². The van der Waals surface area contributed by atoms with E-state index in [0.717, 1.165) is 27.9 Å². The smallest absolute Gasteiger partial charge is 0.232 e. The largest absolute Gasteiger partial charge is 0.493 e. The van der Waals surface area contributed by atoms with E-state index in [2.05, 4.69) is 0 Å². The molecule has 1 atom stereocenters. The molecule has 6 nitrogen and oxygen atoms in total. The van der Waals surface area contributed by atoms with Gasteiger partial charge in [0.2, 0.25) is 5.91 Å². The van der Waals surface area contributed by atoms with Gasteiger partial charge in [0.1, 0.15) is 0 Å². The monoisotopic (exact) mass is 461 g/mol. The Balaban J connectivity index is 1.94. The van der Waals surface area contributed by atoms with Gasteiger partial charge in [0.25, 0.3) is 0 Å². The number of rotatable bonds is 8. The van der Waals surface area contributed by atoms with Crippen molar-refractivity contribution in [2.75, 3.05) is 32.3 Å². The lowest BCUT2D eigenvalue weighted by Crippen LogP contribution is -2.41. The normalized spacial score (nSPS) is 15.0. The van der Waals surface area contributed by atoms with Crippen molar-refractivity contribution in [2.45, 2.75) is 33.2 Å². The molecule has 0 unspecified atom stereocenters. The number of hydrogen-bond acceptors (Lipinski definition) is 5. The van der Waals surface area contributed by atoms with Crippen LogP contribution in [0.5, 0.6) is 23.0 Å². The number of anilines is 1. The van der Waals surface area contributed by atoms with Crippen LogP contribution in [0.2, 0.25) is 0 Å². The number of hydrogen-bond donors (Lipinski definition) is 0. The predicted octanol–water partition coefficient (Wildman–Crippen LogP) is 5.49. The van der Waals surface area contributed by atoms with E-state index in [4.69, 9.17) is 18.9 Å². The van der Waals surface area contributed by atoms with E-state index in [1.165, 1.54) is 0 Å². The minimum atomic E-state index is -0.367. The van der Waals surface area contributed by atoms with Gasteiger partial charge in [-0.1, -0.05) is 23.8 Å². The summed E-state index contributed by atoms with van der Waals surface area (Å²) in [5.41, 5.74) is 4.82. The van der Waals surface area contributed by atoms with Gasteiger partial charge in [-0.2, -0.15) is 0 Å². The molecule has 6 heteroatoms. The highest BCUT2D eigenvalue weighted by Gasteiger charge is 2.36. The van der Waals surface area contributed by atoms with Crippen molar-refractivity contribution >= 4 is 11.6 Å². The summed E-state index contributed by atoms with van der Waals surface area (Å²) in [6.45, 7) is 6.95. The van der Waals surface area contributed by atoms with Gasteiger partial charge in [0, 0.05) is 5.69 Å². The van der Waals surface area contributed by atoms with Crippen LogP contribution in [0.15, 0.2) is 54.6 Å². The molecule has 0 fully saturated rings. The lowest BCUT2D eigenvalue weighted by Gasteiger charge is -2.38. The molecule has 1 aliphatic rings. The zero-order valence-corrected chi connectivity index (χ0v) is 20.4. The first-order valence-electron chi connectivity index (χ1n) is 11.5. The number of carbonyl (C=O) groups is 1. The van der Waals surface area contributed by atoms with Crippen LogP contribution in [0.4, 0.5) is 5.69 Å². The summed E-state index contributed by atoms with van der Waals surface area (Å²) in [5, 5.41) is 0.